The first-order valence-corrected chi connectivity index (χ1v) is 7.36. The molecule has 0 aromatic heterocycles. The van der Waals surface area contributed by atoms with Gasteiger partial charge in [0.05, 0.1) is 9.85 Å². The molecule has 0 aliphatic heterocycles. The second-order valence-corrected chi connectivity index (χ2v) is 6.18. The van der Waals surface area contributed by atoms with Gasteiger partial charge in [0, 0.05) is 25.2 Å². The predicted octanol–water partition coefficient (Wildman–Crippen LogP) is 3.26. The van der Waals surface area contributed by atoms with Gasteiger partial charge in [-0.05, 0) is 17.9 Å². The smallest absolute Gasteiger partial charge is 0.289 e. The van der Waals surface area contributed by atoms with Crippen LogP contribution in [0.15, 0.2) is 18.2 Å². The van der Waals surface area contributed by atoms with E-state index < -0.39 is 32.7 Å². The molecule has 0 saturated carbocycles. The summed E-state index contributed by atoms with van der Waals surface area (Å²) in [6.45, 7) is 8.39. The molecule has 0 atom stereocenters. The van der Waals surface area contributed by atoms with Gasteiger partial charge in [0.2, 0.25) is 0 Å². The lowest BCUT2D eigenvalue weighted by atomic mass is 10.1. The zero-order valence-corrected chi connectivity index (χ0v) is 13.7. The van der Waals surface area contributed by atoms with Crippen molar-refractivity contribution in [2.75, 3.05) is 13.1 Å². The highest BCUT2D eigenvalue weighted by Crippen LogP contribution is 2.30. The minimum Gasteiger partial charge on any atom is -0.338 e. The molecule has 0 heterocycles. The average molecular weight is 323 g/mol. The molecule has 0 aliphatic rings. The highest BCUT2D eigenvalue weighted by Gasteiger charge is 2.33. The van der Waals surface area contributed by atoms with E-state index in [2.05, 4.69) is 0 Å². The van der Waals surface area contributed by atoms with Crippen LogP contribution in [-0.2, 0) is 0 Å². The Morgan fingerprint density at radius 1 is 1.00 bits per heavy atom. The third-order valence-corrected chi connectivity index (χ3v) is 3.09. The van der Waals surface area contributed by atoms with Crippen molar-refractivity contribution in [2.45, 2.75) is 27.7 Å². The van der Waals surface area contributed by atoms with Crippen LogP contribution < -0.4 is 0 Å². The van der Waals surface area contributed by atoms with Crippen LogP contribution in [-0.4, -0.2) is 33.7 Å². The summed E-state index contributed by atoms with van der Waals surface area (Å²) in [4.78, 5) is 35.1. The summed E-state index contributed by atoms with van der Waals surface area (Å²) in [5.41, 5.74) is -1.53. The van der Waals surface area contributed by atoms with Crippen LogP contribution in [0.25, 0.3) is 0 Å². The third kappa shape index (κ3) is 4.73. The van der Waals surface area contributed by atoms with E-state index in [0.29, 0.717) is 13.1 Å². The van der Waals surface area contributed by atoms with Crippen LogP contribution >= 0.6 is 0 Å². The molecule has 1 rings (SSSR count). The maximum atomic E-state index is 12.8. The van der Waals surface area contributed by atoms with Crippen molar-refractivity contribution in [1.82, 2.24) is 4.90 Å². The quantitative estimate of drug-likeness (QED) is 0.565. The Kier molecular flexibility index (Phi) is 6.18. The number of nitro groups is 2. The van der Waals surface area contributed by atoms with Gasteiger partial charge in [-0.1, -0.05) is 27.7 Å². The van der Waals surface area contributed by atoms with Gasteiger partial charge < -0.3 is 4.90 Å². The number of amides is 1. The molecular weight excluding hydrogens is 302 g/mol. The van der Waals surface area contributed by atoms with Crippen LogP contribution in [0.1, 0.15) is 38.1 Å². The summed E-state index contributed by atoms with van der Waals surface area (Å²) in [7, 11) is 0. The highest BCUT2D eigenvalue weighted by atomic mass is 16.6. The fraction of sp³-hybridized carbons (Fsp3) is 0.533. The second kappa shape index (κ2) is 7.66. The summed E-state index contributed by atoms with van der Waals surface area (Å²) in [5.74, 6) is -0.398. The van der Waals surface area contributed by atoms with Gasteiger partial charge in [-0.2, -0.15) is 0 Å². The molecular formula is C15H21N3O5. The Morgan fingerprint density at radius 2 is 1.39 bits per heavy atom. The summed E-state index contributed by atoms with van der Waals surface area (Å²) in [5, 5.41) is 22.4. The van der Waals surface area contributed by atoms with Gasteiger partial charge in [0.15, 0.2) is 5.56 Å². The number of carbonyl (C=O) groups is 1. The molecule has 0 spiro atoms. The number of hydrogen-bond acceptors (Lipinski definition) is 5. The first-order chi connectivity index (χ1) is 10.6. The monoisotopic (exact) mass is 323 g/mol. The number of rotatable bonds is 7. The fourth-order valence-corrected chi connectivity index (χ4v) is 2.33. The molecule has 1 aromatic carbocycles. The molecule has 0 aliphatic carbocycles. The first kappa shape index (κ1) is 18.5. The Balaban J connectivity index is 3.42. The van der Waals surface area contributed by atoms with Gasteiger partial charge in [0.25, 0.3) is 17.3 Å². The summed E-state index contributed by atoms with van der Waals surface area (Å²) in [6.07, 6.45) is 0. The summed E-state index contributed by atoms with van der Waals surface area (Å²) < 4.78 is 0. The van der Waals surface area contributed by atoms with E-state index in [0.717, 1.165) is 12.1 Å². The number of nitro benzene ring substituents is 2. The Bertz CT molecular complexity index is 571. The maximum absolute atomic E-state index is 12.8. The molecule has 0 N–H and O–H groups in total. The van der Waals surface area contributed by atoms with E-state index >= 15 is 0 Å². The molecule has 23 heavy (non-hydrogen) atoms. The zero-order valence-electron chi connectivity index (χ0n) is 13.7. The topological polar surface area (TPSA) is 107 Å². The number of nitrogens with zero attached hydrogens (tertiary/aromatic N) is 3. The molecule has 1 aromatic rings. The molecule has 0 bridgehead atoms. The van der Waals surface area contributed by atoms with E-state index in [-0.39, 0.29) is 11.8 Å². The van der Waals surface area contributed by atoms with Crippen LogP contribution in [0.4, 0.5) is 11.4 Å². The van der Waals surface area contributed by atoms with Crippen molar-refractivity contribution >= 4 is 17.3 Å². The van der Waals surface area contributed by atoms with Crippen molar-refractivity contribution in [3.63, 3.8) is 0 Å². The molecule has 1 amide bonds. The van der Waals surface area contributed by atoms with Crippen molar-refractivity contribution in [3.8, 4) is 0 Å². The molecule has 126 valence electrons. The molecule has 8 nitrogen and oxygen atoms in total. The molecule has 0 saturated heterocycles. The van der Waals surface area contributed by atoms with E-state index in [4.69, 9.17) is 0 Å². The standard InChI is InChI=1S/C15H21N3O5/c1-10(2)8-16(9-11(3)4)15(19)14-12(17(20)21)6-5-7-13(14)18(22)23/h5-7,10-11H,8-9H2,1-4H3. The van der Waals surface area contributed by atoms with Gasteiger partial charge in [-0.3, -0.25) is 25.0 Å². The normalized spacial score (nSPS) is 10.9. The first-order valence-electron chi connectivity index (χ1n) is 7.36. The van der Waals surface area contributed by atoms with Crippen molar-refractivity contribution in [2.24, 2.45) is 11.8 Å². The van der Waals surface area contributed by atoms with Gasteiger partial charge >= 0.3 is 0 Å². The Labute approximate surface area is 134 Å². The highest BCUT2D eigenvalue weighted by molar-refractivity contribution is 6.02. The van der Waals surface area contributed by atoms with E-state index in [9.17, 15) is 25.0 Å². The third-order valence-electron chi connectivity index (χ3n) is 3.09. The van der Waals surface area contributed by atoms with Crippen molar-refractivity contribution in [3.05, 3.63) is 44.0 Å². The van der Waals surface area contributed by atoms with Gasteiger partial charge in [-0.25, -0.2) is 0 Å². The van der Waals surface area contributed by atoms with Crippen molar-refractivity contribution in [1.29, 1.82) is 0 Å². The van der Waals surface area contributed by atoms with Crippen LogP contribution in [0.3, 0.4) is 0 Å². The number of benzene rings is 1. The Hall–Kier alpha value is -2.51. The van der Waals surface area contributed by atoms with Crippen LogP contribution in [0.2, 0.25) is 0 Å². The number of carbonyl (C=O) groups excluding carboxylic acids is 1. The second-order valence-electron chi connectivity index (χ2n) is 6.18. The lowest BCUT2D eigenvalue weighted by Crippen LogP contribution is -2.37. The molecule has 0 fully saturated rings. The minimum absolute atomic E-state index is 0.138. The van der Waals surface area contributed by atoms with Gasteiger partial charge in [-0.15, -0.1) is 0 Å². The average Bonchev–Trinajstić information content (AvgIpc) is 2.43. The van der Waals surface area contributed by atoms with E-state index in [1.807, 2.05) is 27.7 Å². The van der Waals surface area contributed by atoms with Crippen LogP contribution in [0, 0.1) is 32.1 Å². The Morgan fingerprint density at radius 3 is 1.70 bits per heavy atom. The lowest BCUT2D eigenvalue weighted by Gasteiger charge is -2.26. The van der Waals surface area contributed by atoms with Crippen LogP contribution in [0.5, 0.6) is 0 Å². The fourth-order valence-electron chi connectivity index (χ4n) is 2.33. The SMILES string of the molecule is CC(C)CN(CC(C)C)C(=O)c1c([N+](=O)[O-])cccc1[N+](=O)[O-]. The molecule has 0 radical (unpaired) electrons. The minimum atomic E-state index is -0.761. The van der Waals surface area contributed by atoms with Crippen molar-refractivity contribution < 1.29 is 14.6 Å². The number of hydrogen-bond donors (Lipinski definition) is 0. The van der Waals surface area contributed by atoms with E-state index in [1.165, 1.54) is 11.0 Å². The largest absolute Gasteiger partial charge is 0.338 e. The summed E-state index contributed by atoms with van der Waals surface area (Å²) >= 11 is 0. The lowest BCUT2D eigenvalue weighted by molar-refractivity contribution is -0.394. The molecule has 0 unspecified atom stereocenters. The molecule has 8 heteroatoms. The van der Waals surface area contributed by atoms with Gasteiger partial charge in [0.1, 0.15) is 0 Å². The summed E-state index contributed by atoms with van der Waals surface area (Å²) in [6, 6.07) is 3.44. The maximum Gasteiger partial charge on any atom is 0.289 e. The zero-order chi connectivity index (χ0) is 17.7. The predicted molar refractivity (Wildman–Crippen MR) is 85.3 cm³/mol. The van der Waals surface area contributed by atoms with E-state index in [1.54, 1.807) is 0 Å².